The van der Waals surface area contributed by atoms with Gasteiger partial charge in [-0.2, -0.15) is 0 Å². The second-order valence-corrected chi connectivity index (χ2v) is 10.2. The van der Waals surface area contributed by atoms with E-state index >= 15 is 0 Å². The molecule has 1 saturated carbocycles. The molecule has 3 amide bonds. The van der Waals surface area contributed by atoms with Crippen LogP contribution in [0.3, 0.4) is 0 Å². The predicted octanol–water partition coefficient (Wildman–Crippen LogP) is 6.17. The van der Waals surface area contributed by atoms with Gasteiger partial charge in [0.15, 0.2) is 5.69 Å². The number of nitrogens with one attached hydrogen (secondary N) is 3. The second-order valence-electron chi connectivity index (χ2n) is 10.2. The fourth-order valence-electron chi connectivity index (χ4n) is 5.35. The van der Waals surface area contributed by atoms with E-state index in [1.54, 1.807) is 12.3 Å². The SMILES string of the molecule is COC(=O)[C@@H](NC(=O)c1ncc(-c2ccccc2)cc1NC(=O)Nc1c(C)cc(C)cc1C)C1CCCCC1. The molecule has 1 fully saturated rings. The summed E-state index contributed by atoms with van der Waals surface area (Å²) in [5.41, 5.74) is 5.57. The Bertz CT molecular complexity index is 1330. The summed E-state index contributed by atoms with van der Waals surface area (Å²) in [7, 11) is 1.32. The maximum absolute atomic E-state index is 13.5. The molecule has 0 spiro atoms. The van der Waals surface area contributed by atoms with Crippen LogP contribution in [-0.2, 0) is 9.53 Å². The number of aryl methyl sites for hydroxylation is 3. The van der Waals surface area contributed by atoms with E-state index in [0.29, 0.717) is 5.69 Å². The minimum Gasteiger partial charge on any atom is -0.467 e. The van der Waals surface area contributed by atoms with E-state index < -0.39 is 23.9 Å². The number of esters is 1. The van der Waals surface area contributed by atoms with Gasteiger partial charge >= 0.3 is 12.0 Å². The Morgan fingerprint density at radius 3 is 2.21 bits per heavy atom. The van der Waals surface area contributed by atoms with E-state index in [1.165, 1.54) is 7.11 Å². The first-order valence-electron chi connectivity index (χ1n) is 13.4. The number of nitrogens with zero attached hydrogens (tertiary/aromatic N) is 1. The summed E-state index contributed by atoms with van der Waals surface area (Å²) in [5, 5.41) is 8.59. The molecule has 4 rings (SSSR count). The monoisotopic (exact) mass is 528 g/mol. The number of pyridine rings is 1. The van der Waals surface area contributed by atoms with Crippen LogP contribution >= 0.6 is 0 Å². The number of methoxy groups -OCH3 is 1. The van der Waals surface area contributed by atoms with Gasteiger partial charge in [-0.05, 0) is 62.3 Å². The third-order valence-electron chi connectivity index (χ3n) is 7.24. The number of carbonyl (C=O) groups excluding carboxylic acids is 3. The van der Waals surface area contributed by atoms with Gasteiger partial charge < -0.3 is 20.7 Å². The van der Waals surface area contributed by atoms with Crippen molar-refractivity contribution in [2.24, 2.45) is 5.92 Å². The lowest BCUT2D eigenvalue weighted by atomic mass is 9.84. The molecule has 0 radical (unpaired) electrons. The molecule has 3 N–H and O–H groups in total. The van der Waals surface area contributed by atoms with Crippen LogP contribution < -0.4 is 16.0 Å². The molecule has 1 aromatic heterocycles. The summed E-state index contributed by atoms with van der Waals surface area (Å²) in [6.45, 7) is 5.87. The molecule has 0 aliphatic heterocycles. The van der Waals surface area contributed by atoms with Crippen molar-refractivity contribution in [3.8, 4) is 11.1 Å². The first-order valence-corrected chi connectivity index (χ1v) is 13.4. The molecule has 1 atom stereocenters. The number of hydrogen-bond acceptors (Lipinski definition) is 5. The Morgan fingerprint density at radius 1 is 0.897 bits per heavy atom. The molecule has 8 heteroatoms. The van der Waals surface area contributed by atoms with Gasteiger partial charge in [-0.25, -0.2) is 14.6 Å². The molecule has 1 heterocycles. The molecule has 8 nitrogen and oxygen atoms in total. The number of carbonyl (C=O) groups is 3. The van der Waals surface area contributed by atoms with Crippen molar-refractivity contribution in [3.63, 3.8) is 0 Å². The molecule has 0 bridgehead atoms. The Labute approximate surface area is 229 Å². The number of aromatic nitrogens is 1. The Balaban J connectivity index is 1.64. The lowest BCUT2D eigenvalue weighted by molar-refractivity contribution is -0.144. The molecule has 0 saturated heterocycles. The molecule has 2 aromatic carbocycles. The van der Waals surface area contributed by atoms with Gasteiger partial charge in [-0.15, -0.1) is 0 Å². The van der Waals surface area contributed by atoms with Crippen molar-refractivity contribution in [1.82, 2.24) is 10.3 Å². The van der Waals surface area contributed by atoms with E-state index in [2.05, 4.69) is 20.9 Å². The van der Waals surface area contributed by atoms with Gasteiger partial charge in [0.2, 0.25) is 0 Å². The zero-order valence-electron chi connectivity index (χ0n) is 23.0. The first kappa shape index (κ1) is 27.8. The maximum Gasteiger partial charge on any atom is 0.328 e. The molecule has 0 unspecified atom stereocenters. The maximum atomic E-state index is 13.5. The second kappa shape index (κ2) is 12.6. The van der Waals surface area contributed by atoms with Crippen molar-refractivity contribution in [3.05, 3.63) is 77.1 Å². The van der Waals surface area contributed by atoms with Crippen molar-refractivity contribution in [2.45, 2.75) is 58.9 Å². The lowest BCUT2D eigenvalue weighted by Gasteiger charge is -2.29. The van der Waals surface area contributed by atoms with Crippen LogP contribution in [0.15, 0.2) is 54.7 Å². The number of urea groups is 1. The highest BCUT2D eigenvalue weighted by atomic mass is 16.5. The van der Waals surface area contributed by atoms with Crippen molar-refractivity contribution in [2.75, 3.05) is 17.7 Å². The summed E-state index contributed by atoms with van der Waals surface area (Å²) in [6, 6.07) is 14.0. The van der Waals surface area contributed by atoms with Gasteiger partial charge in [0.25, 0.3) is 5.91 Å². The van der Waals surface area contributed by atoms with Crippen molar-refractivity contribution in [1.29, 1.82) is 0 Å². The fraction of sp³-hybridized carbons (Fsp3) is 0.355. The van der Waals surface area contributed by atoms with Crippen LogP contribution in [0.25, 0.3) is 11.1 Å². The van der Waals surface area contributed by atoms with Crippen molar-refractivity contribution < 1.29 is 19.1 Å². The molecule has 1 aliphatic carbocycles. The molecule has 1 aliphatic rings. The summed E-state index contributed by atoms with van der Waals surface area (Å²) < 4.78 is 5.02. The van der Waals surface area contributed by atoms with Crippen molar-refractivity contribution >= 4 is 29.3 Å². The quantitative estimate of drug-likeness (QED) is 0.318. The van der Waals surface area contributed by atoms with Crippen LogP contribution in [0.1, 0.15) is 59.3 Å². The largest absolute Gasteiger partial charge is 0.467 e. The summed E-state index contributed by atoms with van der Waals surface area (Å²) in [5.74, 6) is -1.03. The number of ether oxygens (including phenoxy) is 1. The molecule has 204 valence electrons. The highest BCUT2D eigenvalue weighted by Crippen LogP contribution is 2.29. The van der Waals surface area contributed by atoms with E-state index in [0.717, 1.165) is 59.9 Å². The third kappa shape index (κ3) is 6.82. The van der Waals surface area contributed by atoms with Gasteiger partial charge in [0, 0.05) is 17.4 Å². The highest BCUT2D eigenvalue weighted by molar-refractivity contribution is 6.07. The predicted molar refractivity (Wildman–Crippen MR) is 153 cm³/mol. The van der Waals surface area contributed by atoms with Gasteiger partial charge in [0.1, 0.15) is 6.04 Å². The first-order chi connectivity index (χ1) is 18.8. The van der Waals surface area contributed by atoms with E-state index in [4.69, 9.17) is 4.74 Å². The number of anilines is 2. The van der Waals surface area contributed by atoms with E-state index in [9.17, 15) is 14.4 Å². The van der Waals surface area contributed by atoms with E-state index in [1.807, 2.05) is 63.2 Å². The lowest BCUT2D eigenvalue weighted by Crippen LogP contribution is -2.47. The van der Waals surface area contributed by atoms with Crippen LogP contribution in [0.2, 0.25) is 0 Å². The van der Waals surface area contributed by atoms with Crippen LogP contribution in [-0.4, -0.2) is 36.0 Å². The van der Waals surface area contributed by atoms with Crippen LogP contribution in [0.5, 0.6) is 0 Å². The minimum absolute atomic E-state index is 0.00839. The number of benzene rings is 2. The van der Waals surface area contributed by atoms with E-state index in [-0.39, 0.29) is 17.3 Å². The number of amides is 3. The summed E-state index contributed by atoms with van der Waals surface area (Å²) in [4.78, 5) is 43.8. The van der Waals surface area contributed by atoms with Crippen LogP contribution in [0.4, 0.5) is 16.2 Å². The average molecular weight is 529 g/mol. The zero-order chi connectivity index (χ0) is 27.9. The zero-order valence-corrected chi connectivity index (χ0v) is 23.0. The van der Waals surface area contributed by atoms with Gasteiger partial charge in [-0.3, -0.25) is 4.79 Å². The van der Waals surface area contributed by atoms with Gasteiger partial charge in [0.05, 0.1) is 12.8 Å². The number of rotatable bonds is 7. The van der Waals surface area contributed by atoms with Gasteiger partial charge in [-0.1, -0.05) is 67.3 Å². The smallest absolute Gasteiger partial charge is 0.328 e. The fourth-order valence-corrected chi connectivity index (χ4v) is 5.35. The average Bonchev–Trinajstić information content (AvgIpc) is 2.94. The third-order valence-corrected chi connectivity index (χ3v) is 7.24. The molecule has 3 aromatic rings. The molecule has 39 heavy (non-hydrogen) atoms. The summed E-state index contributed by atoms with van der Waals surface area (Å²) >= 11 is 0. The minimum atomic E-state index is -0.780. The Morgan fingerprint density at radius 2 is 1.56 bits per heavy atom. The Hall–Kier alpha value is -4.20. The summed E-state index contributed by atoms with van der Waals surface area (Å²) in [6.07, 6.45) is 6.39. The topological polar surface area (TPSA) is 109 Å². The standard InChI is InChI=1S/C31H36N4O4/c1-19-15-20(2)26(21(3)16-19)35-31(38)33-25-17-24(22-11-7-5-8-12-22)18-32-28(25)29(36)34-27(30(37)39-4)23-13-9-6-10-14-23/h5,7-8,11-12,15-18,23,27H,6,9-10,13-14H2,1-4H3,(H,34,36)(H2,33,35,38)/t27-/m0/s1. The molecular weight excluding hydrogens is 492 g/mol. The Kier molecular flexibility index (Phi) is 8.96. The normalized spacial score (nSPS) is 14.3. The number of hydrogen-bond donors (Lipinski definition) is 3. The highest BCUT2D eigenvalue weighted by Gasteiger charge is 2.33. The van der Waals surface area contributed by atoms with Crippen LogP contribution in [0, 0.1) is 26.7 Å². The molecular formula is C31H36N4O4.